The Morgan fingerprint density at radius 2 is 1.62 bits per heavy atom. The summed E-state index contributed by atoms with van der Waals surface area (Å²) in [5, 5.41) is 3.93. The SMILES string of the molecule is COc1ccc(NC(=S)N(Cc2ccc(C)cc2)Cc2ccc3c(c2)OCO3)c(OC)c1. The van der Waals surface area contributed by atoms with Gasteiger partial charge in [-0.2, -0.15) is 0 Å². The quantitative estimate of drug-likeness (QED) is 0.500. The summed E-state index contributed by atoms with van der Waals surface area (Å²) in [4.78, 5) is 2.11. The van der Waals surface area contributed by atoms with Crippen LogP contribution in [0, 0.1) is 6.92 Å². The number of benzene rings is 3. The number of rotatable bonds is 7. The first-order valence-electron chi connectivity index (χ1n) is 10.3. The Morgan fingerprint density at radius 3 is 2.38 bits per heavy atom. The standard InChI is InChI=1S/C25H26N2O4S/c1-17-4-6-18(7-5-17)14-27(15-19-8-11-22-24(12-19)31-16-30-22)25(32)26-21-10-9-20(28-2)13-23(21)29-3/h4-13H,14-16H2,1-3H3,(H,26,32). The molecule has 0 bridgehead atoms. The van der Waals surface area contributed by atoms with E-state index >= 15 is 0 Å². The van der Waals surface area contributed by atoms with E-state index < -0.39 is 0 Å². The maximum Gasteiger partial charge on any atom is 0.231 e. The van der Waals surface area contributed by atoms with Crippen LogP contribution in [0.15, 0.2) is 60.7 Å². The molecule has 0 atom stereocenters. The fourth-order valence-corrected chi connectivity index (χ4v) is 3.71. The Balaban J connectivity index is 1.57. The molecule has 0 saturated carbocycles. The minimum Gasteiger partial charge on any atom is -0.497 e. The van der Waals surface area contributed by atoms with Crippen molar-refractivity contribution in [3.63, 3.8) is 0 Å². The zero-order valence-electron chi connectivity index (χ0n) is 18.4. The number of hydrogen-bond acceptors (Lipinski definition) is 5. The van der Waals surface area contributed by atoms with Gasteiger partial charge >= 0.3 is 0 Å². The van der Waals surface area contributed by atoms with Crippen molar-refractivity contribution in [3.05, 3.63) is 77.4 Å². The molecule has 0 amide bonds. The van der Waals surface area contributed by atoms with Gasteiger partial charge in [0.1, 0.15) is 11.5 Å². The molecular formula is C25H26N2O4S. The molecule has 0 radical (unpaired) electrons. The Morgan fingerprint density at radius 1 is 0.906 bits per heavy atom. The second-order valence-corrected chi connectivity index (χ2v) is 7.91. The molecule has 7 heteroatoms. The minimum atomic E-state index is 0.253. The molecule has 6 nitrogen and oxygen atoms in total. The van der Waals surface area contributed by atoms with Gasteiger partial charge in [0.2, 0.25) is 6.79 Å². The molecule has 32 heavy (non-hydrogen) atoms. The molecule has 3 aromatic rings. The summed E-state index contributed by atoms with van der Waals surface area (Å²) in [6, 6.07) is 20.0. The first kappa shape index (κ1) is 21.8. The Hall–Kier alpha value is -3.45. The van der Waals surface area contributed by atoms with Gasteiger partial charge in [0.05, 0.1) is 19.9 Å². The Kier molecular flexibility index (Phi) is 6.66. The number of nitrogens with one attached hydrogen (secondary N) is 1. The van der Waals surface area contributed by atoms with E-state index in [4.69, 9.17) is 31.2 Å². The van der Waals surface area contributed by atoms with Crippen molar-refractivity contribution >= 4 is 23.0 Å². The number of fused-ring (bicyclic) bond motifs is 1. The van der Waals surface area contributed by atoms with Crippen LogP contribution in [0.3, 0.4) is 0 Å². The largest absolute Gasteiger partial charge is 0.497 e. The van der Waals surface area contributed by atoms with Crippen molar-refractivity contribution in [3.8, 4) is 23.0 Å². The first-order chi connectivity index (χ1) is 15.6. The molecule has 0 spiro atoms. The minimum absolute atomic E-state index is 0.253. The molecule has 0 aliphatic carbocycles. The molecule has 3 aromatic carbocycles. The van der Waals surface area contributed by atoms with Gasteiger partial charge in [0, 0.05) is 19.2 Å². The maximum absolute atomic E-state index is 5.82. The average molecular weight is 451 g/mol. The molecule has 1 N–H and O–H groups in total. The van der Waals surface area contributed by atoms with Crippen molar-refractivity contribution in [2.45, 2.75) is 20.0 Å². The summed E-state index contributed by atoms with van der Waals surface area (Å²) in [5.41, 5.74) is 4.24. The highest BCUT2D eigenvalue weighted by Gasteiger charge is 2.17. The lowest BCUT2D eigenvalue weighted by Gasteiger charge is -2.27. The van der Waals surface area contributed by atoms with Gasteiger partial charge in [-0.25, -0.2) is 0 Å². The molecule has 0 unspecified atom stereocenters. The van der Waals surface area contributed by atoms with Crippen molar-refractivity contribution in [2.75, 3.05) is 26.3 Å². The summed E-state index contributed by atoms with van der Waals surface area (Å²) in [7, 11) is 3.25. The van der Waals surface area contributed by atoms with Gasteiger partial charge in [0.15, 0.2) is 16.6 Å². The van der Waals surface area contributed by atoms with E-state index in [1.807, 2.05) is 36.4 Å². The number of aryl methyl sites for hydroxylation is 1. The highest BCUT2D eigenvalue weighted by molar-refractivity contribution is 7.80. The summed E-state index contributed by atoms with van der Waals surface area (Å²) in [5.74, 6) is 2.90. The van der Waals surface area contributed by atoms with Gasteiger partial charge < -0.3 is 29.2 Å². The summed E-state index contributed by atoms with van der Waals surface area (Å²) in [6.45, 7) is 3.59. The Bertz CT molecular complexity index is 1100. The number of thiocarbonyl (C=S) groups is 1. The van der Waals surface area contributed by atoms with E-state index in [2.05, 4.69) is 41.4 Å². The van der Waals surface area contributed by atoms with Crippen LogP contribution >= 0.6 is 12.2 Å². The van der Waals surface area contributed by atoms with E-state index in [-0.39, 0.29) is 6.79 Å². The average Bonchev–Trinajstić information content (AvgIpc) is 3.28. The lowest BCUT2D eigenvalue weighted by Crippen LogP contribution is -2.34. The van der Waals surface area contributed by atoms with E-state index in [1.165, 1.54) is 11.1 Å². The number of anilines is 1. The summed E-state index contributed by atoms with van der Waals surface area (Å²) in [6.07, 6.45) is 0. The maximum atomic E-state index is 5.82. The zero-order chi connectivity index (χ0) is 22.5. The van der Waals surface area contributed by atoms with Gasteiger partial charge in [-0.05, 0) is 54.5 Å². The second kappa shape index (κ2) is 9.78. The molecule has 4 rings (SSSR count). The lowest BCUT2D eigenvalue weighted by molar-refractivity contribution is 0.174. The van der Waals surface area contributed by atoms with Crippen LogP contribution in [0.25, 0.3) is 0 Å². The van der Waals surface area contributed by atoms with Crippen LogP contribution in [0.2, 0.25) is 0 Å². The predicted molar refractivity (Wildman–Crippen MR) is 129 cm³/mol. The highest BCUT2D eigenvalue weighted by atomic mass is 32.1. The van der Waals surface area contributed by atoms with Crippen molar-refractivity contribution in [2.24, 2.45) is 0 Å². The van der Waals surface area contributed by atoms with Crippen LogP contribution in [-0.2, 0) is 13.1 Å². The van der Waals surface area contributed by atoms with E-state index in [0.29, 0.717) is 24.0 Å². The molecule has 166 valence electrons. The summed E-state index contributed by atoms with van der Waals surface area (Å²) < 4.78 is 21.8. The third-order valence-electron chi connectivity index (χ3n) is 5.24. The summed E-state index contributed by atoms with van der Waals surface area (Å²) >= 11 is 5.82. The third-order valence-corrected chi connectivity index (χ3v) is 5.60. The third kappa shape index (κ3) is 5.06. The van der Waals surface area contributed by atoms with Crippen LogP contribution in [-0.4, -0.2) is 31.0 Å². The monoisotopic (exact) mass is 450 g/mol. The molecule has 1 heterocycles. The van der Waals surface area contributed by atoms with Gasteiger partial charge in [-0.1, -0.05) is 35.9 Å². The molecular weight excluding hydrogens is 424 g/mol. The number of hydrogen-bond donors (Lipinski definition) is 1. The molecule has 0 aromatic heterocycles. The van der Waals surface area contributed by atoms with E-state index in [9.17, 15) is 0 Å². The van der Waals surface area contributed by atoms with Gasteiger partial charge in [0.25, 0.3) is 0 Å². The number of nitrogens with zero attached hydrogens (tertiary/aromatic N) is 1. The van der Waals surface area contributed by atoms with E-state index in [1.54, 1.807) is 14.2 Å². The van der Waals surface area contributed by atoms with Crippen molar-refractivity contribution < 1.29 is 18.9 Å². The topological polar surface area (TPSA) is 52.2 Å². The highest BCUT2D eigenvalue weighted by Crippen LogP contribution is 2.33. The van der Waals surface area contributed by atoms with Crippen molar-refractivity contribution in [1.82, 2.24) is 4.90 Å². The predicted octanol–water partition coefficient (Wildman–Crippen LogP) is 5.14. The molecule has 1 aliphatic heterocycles. The Labute approximate surface area is 193 Å². The molecule has 0 fully saturated rings. The first-order valence-corrected chi connectivity index (χ1v) is 10.7. The van der Waals surface area contributed by atoms with Crippen LogP contribution in [0.4, 0.5) is 5.69 Å². The second-order valence-electron chi connectivity index (χ2n) is 7.53. The van der Waals surface area contributed by atoms with Crippen molar-refractivity contribution in [1.29, 1.82) is 0 Å². The number of ether oxygens (including phenoxy) is 4. The fourth-order valence-electron chi connectivity index (χ4n) is 3.47. The van der Waals surface area contributed by atoms with Gasteiger partial charge in [-0.15, -0.1) is 0 Å². The van der Waals surface area contributed by atoms with Crippen LogP contribution in [0.1, 0.15) is 16.7 Å². The van der Waals surface area contributed by atoms with Crippen LogP contribution in [0.5, 0.6) is 23.0 Å². The zero-order valence-corrected chi connectivity index (χ0v) is 19.2. The fraction of sp³-hybridized carbons (Fsp3) is 0.240. The normalized spacial score (nSPS) is 11.7. The molecule has 0 saturated heterocycles. The number of methoxy groups -OCH3 is 2. The molecule has 1 aliphatic rings. The van der Waals surface area contributed by atoms with Gasteiger partial charge in [-0.3, -0.25) is 0 Å². The smallest absolute Gasteiger partial charge is 0.231 e. The van der Waals surface area contributed by atoms with E-state index in [0.717, 1.165) is 28.5 Å². The van der Waals surface area contributed by atoms with Crippen LogP contribution < -0.4 is 24.3 Å². The lowest BCUT2D eigenvalue weighted by atomic mass is 10.1.